The van der Waals surface area contributed by atoms with E-state index < -0.39 is 6.10 Å². The van der Waals surface area contributed by atoms with Gasteiger partial charge in [-0.1, -0.05) is 30.3 Å². The van der Waals surface area contributed by atoms with Gasteiger partial charge in [-0.05, 0) is 11.6 Å². The molecule has 0 radical (unpaired) electrons. The summed E-state index contributed by atoms with van der Waals surface area (Å²) in [6.45, 7) is 3.58. The first-order chi connectivity index (χ1) is 9.13. The SMILES string of the molecule is C=C(C#N)CC(O)c1cccc(Cl)c1-c1cn[nH]c1. The van der Waals surface area contributed by atoms with Crippen molar-refractivity contribution in [3.8, 4) is 17.2 Å². The first kappa shape index (κ1) is 13.3. The predicted molar refractivity (Wildman–Crippen MR) is 73.4 cm³/mol. The van der Waals surface area contributed by atoms with Crippen molar-refractivity contribution in [2.45, 2.75) is 12.5 Å². The number of nitrogens with zero attached hydrogens (tertiary/aromatic N) is 2. The zero-order valence-corrected chi connectivity index (χ0v) is 10.9. The fourth-order valence-corrected chi connectivity index (χ4v) is 2.19. The molecule has 0 aliphatic heterocycles. The molecule has 0 aliphatic rings. The predicted octanol–water partition coefficient (Wildman–Crippen LogP) is 3.23. The molecule has 1 aromatic heterocycles. The molecule has 1 unspecified atom stereocenters. The van der Waals surface area contributed by atoms with E-state index in [0.29, 0.717) is 16.2 Å². The van der Waals surface area contributed by atoms with Gasteiger partial charge < -0.3 is 5.11 Å². The molecule has 2 aromatic rings. The molecule has 96 valence electrons. The van der Waals surface area contributed by atoms with Crippen LogP contribution >= 0.6 is 11.6 Å². The average molecular weight is 274 g/mol. The molecule has 0 amide bonds. The largest absolute Gasteiger partial charge is 0.388 e. The van der Waals surface area contributed by atoms with Crippen LogP contribution in [0.3, 0.4) is 0 Å². The molecule has 0 saturated carbocycles. The van der Waals surface area contributed by atoms with Gasteiger partial charge in [0, 0.05) is 34.3 Å². The molecule has 1 atom stereocenters. The van der Waals surface area contributed by atoms with Crippen molar-refractivity contribution in [2.75, 3.05) is 0 Å². The number of H-pyrrole nitrogens is 1. The fraction of sp³-hybridized carbons (Fsp3) is 0.143. The van der Waals surface area contributed by atoms with Crippen molar-refractivity contribution in [3.63, 3.8) is 0 Å². The van der Waals surface area contributed by atoms with Gasteiger partial charge in [0.25, 0.3) is 0 Å². The zero-order valence-electron chi connectivity index (χ0n) is 10.1. The molecule has 0 aliphatic carbocycles. The number of aromatic amines is 1. The normalized spacial score (nSPS) is 11.8. The van der Waals surface area contributed by atoms with Crippen LogP contribution in [-0.2, 0) is 0 Å². The molecule has 0 spiro atoms. The molecular formula is C14H12ClN3O. The molecule has 0 saturated heterocycles. The number of hydrogen-bond donors (Lipinski definition) is 2. The van der Waals surface area contributed by atoms with Crippen LogP contribution in [0.2, 0.25) is 5.02 Å². The summed E-state index contributed by atoms with van der Waals surface area (Å²) in [5.74, 6) is 0. The molecule has 19 heavy (non-hydrogen) atoms. The second kappa shape index (κ2) is 5.70. The molecule has 4 nitrogen and oxygen atoms in total. The number of nitrogens with one attached hydrogen (secondary N) is 1. The summed E-state index contributed by atoms with van der Waals surface area (Å²) in [6, 6.07) is 7.22. The van der Waals surface area contributed by atoms with Crippen LogP contribution in [0.25, 0.3) is 11.1 Å². The Morgan fingerprint density at radius 3 is 3.00 bits per heavy atom. The van der Waals surface area contributed by atoms with Crippen LogP contribution < -0.4 is 0 Å². The van der Waals surface area contributed by atoms with Gasteiger partial charge >= 0.3 is 0 Å². The number of halogens is 1. The Bertz CT molecular complexity index is 629. The lowest BCUT2D eigenvalue weighted by Gasteiger charge is -2.15. The quantitative estimate of drug-likeness (QED) is 0.840. The zero-order chi connectivity index (χ0) is 13.8. The molecule has 1 aromatic carbocycles. The topological polar surface area (TPSA) is 72.7 Å². The van der Waals surface area contributed by atoms with Crippen LogP contribution in [0, 0.1) is 11.3 Å². The van der Waals surface area contributed by atoms with E-state index in [-0.39, 0.29) is 6.42 Å². The van der Waals surface area contributed by atoms with Crippen LogP contribution in [0.15, 0.2) is 42.7 Å². The van der Waals surface area contributed by atoms with E-state index in [1.54, 1.807) is 30.6 Å². The lowest BCUT2D eigenvalue weighted by Crippen LogP contribution is -2.01. The highest BCUT2D eigenvalue weighted by atomic mass is 35.5. The summed E-state index contributed by atoms with van der Waals surface area (Å²) in [6.07, 6.45) is 2.70. The summed E-state index contributed by atoms with van der Waals surface area (Å²) in [7, 11) is 0. The van der Waals surface area contributed by atoms with Gasteiger partial charge in [0.1, 0.15) is 0 Å². The lowest BCUT2D eigenvalue weighted by atomic mass is 9.95. The Kier molecular flexibility index (Phi) is 4.00. The maximum absolute atomic E-state index is 10.2. The molecular weight excluding hydrogens is 262 g/mol. The maximum atomic E-state index is 10.2. The minimum atomic E-state index is -0.823. The van der Waals surface area contributed by atoms with Gasteiger partial charge in [-0.3, -0.25) is 5.10 Å². The third-order valence-corrected chi connectivity index (χ3v) is 3.10. The highest BCUT2D eigenvalue weighted by molar-refractivity contribution is 6.33. The molecule has 0 bridgehead atoms. The van der Waals surface area contributed by atoms with Gasteiger partial charge in [-0.25, -0.2) is 0 Å². The van der Waals surface area contributed by atoms with Crippen molar-refractivity contribution in [3.05, 3.63) is 53.3 Å². The van der Waals surface area contributed by atoms with Crippen LogP contribution in [-0.4, -0.2) is 15.3 Å². The number of aromatic nitrogens is 2. The Balaban J connectivity index is 2.44. The molecule has 2 rings (SSSR count). The van der Waals surface area contributed by atoms with E-state index in [1.165, 1.54) is 0 Å². The van der Waals surface area contributed by atoms with Crippen molar-refractivity contribution >= 4 is 11.6 Å². The van der Waals surface area contributed by atoms with Gasteiger partial charge in [-0.2, -0.15) is 10.4 Å². The summed E-state index contributed by atoms with van der Waals surface area (Å²) in [5, 5.41) is 26.1. The van der Waals surface area contributed by atoms with E-state index in [4.69, 9.17) is 16.9 Å². The summed E-state index contributed by atoms with van der Waals surface area (Å²) < 4.78 is 0. The Morgan fingerprint density at radius 2 is 2.37 bits per heavy atom. The molecule has 1 heterocycles. The number of hydrogen-bond acceptors (Lipinski definition) is 3. The minimum absolute atomic E-state index is 0.182. The van der Waals surface area contributed by atoms with E-state index >= 15 is 0 Å². The van der Waals surface area contributed by atoms with Crippen molar-refractivity contribution in [1.29, 1.82) is 5.26 Å². The van der Waals surface area contributed by atoms with Crippen molar-refractivity contribution in [2.24, 2.45) is 0 Å². The first-order valence-corrected chi connectivity index (χ1v) is 6.04. The fourth-order valence-electron chi connectivity index (χ4n) is 1.90. The smallest absolute Gasteiger partial charge is 0.0941 e. The standard InChI is InChI=1S/C14H12ClN3O/c1-9(6-16)5-13(19)11-3-2-4-12(15)14(11)10-7-17-18-8-10/h2-4,7-8,13,19H,1,5H2,(H,17,18). The van der Waals surface area contributed by atoms with Crippen LogP contribution in [0.1, 0.15) is 18.1 Å². The highest BCUT2D eigenvalue weighted by Gasteiger charge is 2.17. The Hall–Kier alpha value is -2.09. The third kappa shape index (κ3) is 2.84. The third-order valence-electron chi connectivity index (χ3n) is 2.79. The second-order valence-corrected chi connectivity index (χ2v) is 4.53. The average Bonchev–Trinajstić information content (AvgIpc) is 2.91. The number of nitriles is 1. The van der Waals surface area contributed by atoms with E-state index in [1.807, 2.05) is 6.07 Å². The van der Waals surface area contributed by atoms with Gasteiger partial charge in [0.2, 0.25) is 0 Å². The highest BCUT2D eigenvalue weighted by Crippen LogP contribution is 2.35. The van der Waals surface area contributed by atoms with E-state index in [2.05, 4.69) is 16.8 Å². The number of aliphatic hydroxyl groups excluding tert-OH is 1. The number of benzene rings is 1. The molecule has 0 fully saturated rings. The monoisotopic (exact) mass is 273 g/mol. The minimum Gasteiger partial charge on any atom is -0.388 e. The number of aliphatic hydroxyl groups is 1. The van der Waals surface area contributed by atoms with Gasteiger partial charge in [-0.15, -0.1) is 0 Å². The van der Waals surface area contributed by atoms with Gasteiger partial charge in [0.05, 0.1) is 18.4 Å². The Morgan fingerprint density at radius 1 is 1.58 bits per heavy atom. The number of rotatable bonds is 4. The van der Waals surface area contributed by atoms with E-state index in [0.717, 1.165) is 11.1 Å². The maximum Gasteiger partial charge on any atom is 0.0941 e. The van der Waals surface area contributed by atoms with Gasteiger partial charge in [0.15, 0.2) is 0 Å². The summed E-state index contributed by atoms with van der Waals surface area (Å²) in [4.78, 5) is 0. The Labute approximate surface area is 116 Å². The summed E-state index contributed by atoms with van der Waals surface area (Å²) >= 11 is 6.20. The van der Waals surface area contributed by atoms with Crippen molar-refractivity contribution in [1.82, 2.24) is 10.2 Å². The first-order valence-electron chi connectivity index (χ1n) is 5.67. The van der Waals surface area contributed by atoms with Crippen LogP contribution in [0.4, 0.5) is 0 Å². The second-order valence-electron chi connectivity index (χ2n) is 4.13. The van der Waals surface area contributed by atoms with E-state index in [9.17, 15) is 5.11 Å². The van der Waals surface area contributed by atoms with Crippen LogP contribution in [0.5, 0.6) is 0 Å². The molecule has 2 N–H and O–H groups in total. The lowest BCUT2D eigenvalue weighted by molar-refractivity contribution is 0.180. The summed E-state index contributed by atoms with van der Waals surface area (Å²) in [5.41, 5.74) is 2.49. The van der Waals surface area contributed by atoms with Crippen molar-refractivity contribution < 1.29 is 5.11 Å². The molecule has 5 heteroatoms.